The Balaban J connectivity index is 1.69. The number of nitrogens with zero attached hydrogens (tertiary/aromatic N) is 1. The van der Waals surface area contributed by atoms with Crippen molar-refractivity contribution in [1.82, 2.24) is 9.88 Å². The summed E-state index contributed by atoms with van der Waals surface area (Å²) in [6, 6.07) is 14.9. The largest absolute Gasteiger partial charge is 0.462 e. The third-order valence-electron chi connectivity index (χ3n) is 4.82. The summed E-state index contributed by atoms with van der Waals surface area (Å²) in [5, 5.41) is 3.92. The number of esters is 1. The highest BCUT2D eigenvalue weighted by Gasteiger charge is 2.27. The van der Waals surface area contributed by atoms with Crippen LogP contribution in [0.2, 0.25) is 0 Å². The van der Waals surface area contributed by atoms with Gasteiger partial charge in [0.1, 0.15) is 0 Å². The zero-order valence-corrected chi connectivity index (χ0v) is 17.5. The summed E-state index contributed by atoms with van der Waals surface area (Å²) in [6.07, 6.45) is 2.19. The van der Waals surface area contributed by atoms with Crippen molar-refractivity contribution in [2.45, 2.75) is 13.3 Å². The molecule has 0 fully saturated rings. The van der Waals surface area contributed by atoms with Gasteiger partial charge in [0.15, 0.2) is 0 Å². The van der Waals surface area contributed by atoms with Gasteiger partial charge in [0.05, 0.1) is 17.9 Å². The fraction of sp³-hybridized carbons (Fsp3) is 0.182. The normalized spacial score (nSPS) is 13.4. The lowest BCUT2D eigenvalue weighted by Gasteiger charge is -2.18. The molecule has 3 aromatic rings. The molecule has 0 saturated heterocycles. The number of ether oxygens (including phenoxy) is 1. The fourth-order valence-electron chi connectivity index (χ4n) is 3.46. The number of rotatable bonds is 3. The van der Waals surface area contributed by atoms with Crippen LogP contribution in [0.25, 0.3) is 16.5 Å². The van der Waals surface area contributed by atoms with E-state index in [-0.39, 0.29) is 12.6 Å². The number of carbonyl (C=O) groups excluding carboxylic acids is 2. The lowest BCUT2D eigenvalue weighted by Crippen LogP contribution is -2.32. The van der Waals surface area contributed by atoms with Crippen LogP contribution >= 0.6 is 15.9 Å². The second-order valence-electron chi connectivity index (χ2n) is 6.67. The highest BCUT2D eigenvalue weighted by Crippen LogP contribution is 2.31. The number of aromatic nitrogens is 1. The molecule has 1 aliphatic heterocycles. The molecule has 2 aromatic carbocycles. The number of hydrogen-bond acceptors (Lipinski definition) is 3. The van der Waals surface area contributed by atoms with Crippen LogP contribution in [0.3, 0.4) is 0 Å². The van der Waals surface area contributed by atoms with Crippen molar-refractivity contribution < 1.29 is 14.3 Å². The van der Waals surface area contributed by atoms with E-state index in [1.165, 1.54) is 4.90 Å². The number of aromatic amines is 1. The molecule has 0 atom stereocenters. The molecule has 0 bridgehead atoms. The van der Waals surface area contributed by atoms with E-state index in [1.54, 1.807) is 13.1 Å². The molecule has 0 unspecified atom stereocenters. The molecule has 0 radical (unpaired) electrons. The van der Waals surface area contributed by atoms with E-state index in [4.69, 9.17) is 4.74 Å². The van der Waals surface area contributed by atoms with Gasteiger partial charge < -0.3 is 15.0 Å². The minimum atomic E-state index is -0.455. The van der Waals surface area contributed by atoms with Gasteiger partial charge in [-0.05, 0) is 49.2 Å². The van der Waals surface area contributed by atoms with Gasteiger partial charge in [-0.25, -0.2) is 9.59 Å². The van der Waals surface area contributed by atoms with Gasteiger partial charge in [-0.3, -0.25) is 4.90 Å². The molecule has 0 saturated carbocycles. The van der Waals surface area contributed by atoms with Crippen molar-refractivity contribution in [2.24, 2.45) is 0 Å². The van der Waals surface area contributed by atoms with Crippen molar-refractivity contribution in [3.8, 4) is 0 Å². The van der Waals surface area contributed by atoms with Crippen LogP contribution in [0.1, 0.15) is 18.2 Å². The van der Waals surface area contributed by atoms with Crippen molar-refractivity contribution in [3.63, 3.8) is 0 Å². The predicted molar refractivity (Wildman–Crippen MR) is 116 cm³/mol. The van der Waals surface area contributed by atoms with Crippen LogP contribution in [-0.4, -0.2) is 35.0 Å². The molecule has 1 aliphatic rings. The number of amides is 2. The highest BCUT2D eigenvalue weighted by atomic mass is 79.9. The summed E-state index contributed by atoms with van der Waals surface area (Å²) < 4.78 is 6.19. The Morgan fingerprint density at radius 2 is 1.93 bits per heavy atom. The number of benzene rings is 2. The minimum absolute atomic E-state index is 0.261. The van der Waals surface area contributed by atoms with Crippen LogP contribution in [0.15, 0.2) is 59.2 Å². The maximum absolute atomic E-state index is 12.9. The SMILES string of the molecule is CCOC(=O)C1=CN(C(=O)Nc2ccc(Br)cc2)CCc2c1[nH]c1ccccc21. The first-order valence-electron chi connectivity index (χ1n) is 9.39. The maximum atomic E-state index is 12.9. The first kappa shape index (κ1) is 19.3. The molecule has 29 heavy (non-hydrogen) atoms. The lowest BCUT2D eigenvalue weighted by molar-refractivity contribution is -0.136. The summed E-state index contributed by atoms with van der Waals surface area (Å²) in [4.78, 5) is 30.4. The van der Waals surface area contributed by atoms with Crippen LogP contribution in [0.5, 0.6) is 0 Å². The third-order valence-corrected chi connectivity index (χ3v) is 5.35. The van der Waals surface area contributed by atoms with Gasteiger partial charge in [-0.15, -0.1) is 0 Å². The Labute approximate surface area is 176 Å². The third kappa shape index (κ3) is 3.91. The molecular formula is C22H20BrN3O3. The van der Waals surface area contributed by atoms with Crippen LogP contribution in [0.4, 0.5) is 10.5 Å². The topological polar surface area (TPSA) is 74.4 Å². The monoisotopic (exact) mass is 453 g/mol. The number of nitrogens with one attached hydrogen (secondary N) is 2. The van der Waals surface area contributed by atoms with Gasteiger partial charge >= 0.3 is 12.0 Å². The van der Waals surface area contributed by atoms with Crippen molar-refractivity contribution in [2.75, 3.05) is 18.5 Å². The molecule has 6 nitrogen and oxygen atoms in total. The average Bonchev–Trinajstić information content (AvgIpc) is 2.97. The Kier molecular flexibility index (Phi) is 5.40. The quantitative estimate of drug-likeness (QED) is 0.552. The average molecular weight is 454 g/mol. The minimum Gasteiger partial charge on any atom is -0.462 e. The number of para-hydroxylation sites is 1. The molecule has 1 aromatic heterocycles. The molecular weight excluding hydrogens is 434 g/mol. The van der Waals surface area contributed by atoms with Crippen LogP contribution in [-0.2, 0) is 16.0 Å². The predicted octanol–water partition coefficient (Wildman–Crippen LogP) is 4.92. The van der Waals surface area contributed by atoms with E-state index in [0.29, 0.717) is 29.9 Å². The first-order chi connectivity index (χ1) is 14.1. The summed E-state index contributed by atoms with van der Waals surface area (Å²) in [5.74, 6) is -0.455. The van der Waals surface area contributed by atoms with Crippen molar-refractivity contribution >= 4 is 50.1 Å². The van der Waals surface area contributed by atoms with E-state index in [1.807, 2.05) is 48.5 Å². The zero-order chi connectivity index (χ0) is 20.4. The van der Waals surface area contributed by atoms with E-state index < -0.39 is 5.97 Å². The summed E-state index contributed by atoms with van der Waals surface area (Å²) in [5.41, 5.74) is 3.71. The Hall–Kier alpha value is -3.06. The Morgan fingerprint density at radius 1 is 1.17 bits per heavy atom. The number of urea groups is 1. The second-order valence-corrected chi connectivity index (χ2v) is 7.58. The van der Waals surface area contributed by atoms with Crippen molar-refractivity contribution in [3.05, 3.63) is 70.5 Å². The molecule has 2 heterocycles. The van der Waals surface area contributed by atoms with Gasteiger partial charge in [0, 0.05) is 33.8 Å². The standard InChI is InChI=1S/C22H20BrN3O3/c1-2-29-21(27)18-13-26(22(28)24-15-9-7-14(23)8-10-15)12-11-17-16-5-3-4-6-19(16)25-20(17)18/h3-10,13,25H,2,11-12H2,1H3,(H,24,28). The van der Waals surface area contributed by atoms with E-state index in [0.717, 1.165) is 20.9 Å². The van der Waals surface area contributed by atoms with Gasteiger partial charge in [-0.1, -0.05) is 34.1 Å². The molecule has 0 aliphatic carbocycles. The Bertz CT molecular complexity index is 1100. The molecule has 0 spiro atoms. The van der Waals surface area contributed by atoms with Gasteiger partial charge in [0.2, 0.25) is 0 Å². The number of carbonyl (C=O) groups is 2. The molecule has 2 amide bonds. The van der Waals surface area contributed by atoms with Crippen LogP contribution in [0, 0.1) is 0 Å². The number of H-pyrrole nitrogens is 1. The number of halogens is 1. The van der Waals surface area contributed by atoms with Crippen molar-refractivity contribution in [1.29, 1.82) is 0 Å². The van der Waals surface area contributed by atoms with Crippen LogP contribution < -0.4 is 5.32 Å². The number of hydrogen-bond donors (Lipinski definition) is 2. The van der Waals surface area contributed by atoms with Gasteiger partial charge in [-0.2, -0.15) is 0 Å². The molecule has 148 valence electrons. The molecule has 4 rings (SSSR count). The number of fused-ring (bicyclic) bond motifs is 3. The smallest absolute Gasteiger partial charge is 0.341 e. The number of anilines is 1. The Morgan fingerprint density at radius 3 is 2.69 bits per heavy atom. The highest BCUT2D eigenvalue weighted by molar-refractivity contribution is 9.10. The summed E-state index contributed by atoms with van der Waals surface area (Å²) in [7, 11) is 0. The van der Waals surface area contributed by atoms with E-state index in [2.05, 4.69) is 26.2 Å². The van der Waals surface area contributed by atoms with Gasteiger partial charge in [0.25, 0.3) is 0 Å². The summed E-state index contributed by atoms with van der Waals surface area (Å²) >= 11 is 3.38. The van der Waals surface area contributed by atoms with E-state index in [9.17, 15) is 9.59 Å². The molecule has 2 N–H and O–H groups in total. The van der Waals surface area contributed by atoms with E-state index >= 15 is 0 Å². The first-order valence-corrected chi connectivity index (χ1v) is 10.2. The fourth-order valence-corrected chi connectivity index (χ4v) is 3.72. The zero-order valence-electron chi connectivity index (χ0n) is 15.9. The molecule has 7 heteroatoms. The summed E-state index contributed by atoms with van der Waals surface area (Å²) in [6.45, 7) is 2.47. The lowest BCUT2D eigenvalue weighted by atomic mass is 10.0. The maximum Gasteiger partial charge on any atom is 0.341 e. The second kappa shape index (κ2) is 8.13.